The number of halogens is 2. The molecule has 1 fully saturated rings. The van der Waals surface area contributed by atoms with Gasteiger partial charge in [0, 0.05) is 3.57 Å². The van der Waals surface area contributed by atoms with Gasteiger partial charge in [0.1, 0.15) is 5.82 Å². The molecule has 0 aliphatic heterocycles. The van der Waals surface area contributed by atoms with Crippen molar-refractivity contribution in [1.82, 2.24) is 0 Å². The van der Waals surface area contributed by atoms with Crippen molar-refractivity contribution in [2.75, 3.05) is 10.5 Å². The summed E-state index contributed by atoms with van der Waals surface area (Å²) in [4.78, 5) is 0. The van der Waals surface area contributed by atoms with Gasteiger partial charge in [-0.2, -0.15) is 0 Å². The molecule has 0 amide bonds. The van der Waals surface area contributed by atoms with Crippen LogP contribution in [0.1, 0.15) is 32.1 Å². The molecule has 1 aliphatic carbocycles. The first-order valence-electron chi connectivity index (χ1n) is 6.42. The Labute approximate surface area is 127 Å². The van der Waals surface area contributed by atoms with E-state index in [0.29, 0.717) is 9.26 Å². The van der Waals surface area contributed by atoms with Gasteiger partial charge in [-0.25, -0.2) is 12.8 Å². The van der Waals surface area contributed by atoms with Crippen LogP contribution in [0.4, 0.5) is 10.1 Å². The Hall–Kier alpha value is -0.370. The molecule has 1 N–H and O–H groups in total. The first kappa shape index (κ1) is 15.0. The molecule has 3 nitrogen and oxygen atoms in total. The Morgan fingerprint density at radius 3 is 2.58 bits per heavy atom. The van der Waals surface area contributed by atoms with Gasteiger partial charge in [0.2, 0.25) is 10.0 Å². The molecule has 0 unspecified atom stereocenters. The molecule has 1 aromatic rings. The highest BCUT2D eigenvalue weighted by molar-refractivity contribution is 14.1. The summed E-state index contributed by atoms with van der Waals surface area (Å²) in [5, 5.41) is 0. The zero-order valence-electron chi connectivity index (χ0n) is 10.5. The summed E-state index contributed by atoms with van der Waals surface area (Å²) < 4.78 is 40.3. The highest BCUT2D eigenvalue weighted by Crippen LogP contribution is 2.26. The predicted octanol–water partition coefficient (Wildman–Crippen LogP) is 3.75. The summed E-state index contributed by atoms with van der Waals surface area (Å²) in [6.07, 6.45) is 5.42. The molecule has 1 saturated carbocycles. The summed E-state index contributed by atoms with van der Waals surface area (Å²) in [7, 11) is -3.35. The Kier molecular flexibility index (Phi) is 5.05. The molecule has 0 radical (unpaired) electrons. The molecule has 6 heteroatoms. The summed E-state index contributed by atoms with van der Waals surface area (Å²) in [5.41, 5.74) is 0.456. The van der Waals surface area contributed by atoms with Crippen LogP contribution in [0.25, 0.3) is 0 Å². The number of benzene rings is 1. The average Bonchev–Trinajstić information content (AvgIpc) is 2.33. The lowest BCUT2D eigenvalue weighted by atomic mass is 9.91. The second-order valence-electron chi connectivity index (χ2n) is 5.01. The van der Waals surface area contributed by atoms with Crippen LogP contribution in [0.3, 0.4) is 0 Å². The number of anilines is 1. The van der Waals surface area contributed by atoms with Crippen molar-refractivity contribution >= 4 is 38.3 Å². The number of hydrogen-bond donors (Lipinski definition) is 1. The molecule has 19 heavy (non-hydrogen) atoms. The third-order valence-corrected chi connectivity index (χ3v) is 5.71. The monoisotopic (exact) mass is 397 g/mol. The van der Waals surface area contributed by atoms with Crippen LogP contribution in [0, 0.1) is 15.3 Å². The molecular weight excluding hydrogens is 380 g/mol. The number of sulfonamides is 1. The van der Waals surface area contributed by atoms with Crippen molar-refractivity contribution in [3.8, 4) is 0 Å². The van der Waals surface area contributed by atoms with Gasteiger partial charge in [0.15, 0.2) is 0 Å². The van der Waals surface area contributed by atoms with Crippen LogP contribution < -0.4 is 4.72 Å². The smallest absolute Gasteiger partial charge is 0.233 e. The van der Waals surface area contributed by atoms with E-state index in [1.807, 2.05) is 22.6 Å². The van der Waals surface area contributed by atoms with Crippen molar-refractivity contribution in [3.63, 3.8) is 0 Å². The lowest BCUT2D eigenvalue weighted by molar-refractivity contribution is 0.385. The van der Waals surface area contributed by atoms with Crippen LogP contribution in [-0.2, 0) is 10.0 Å². The van der Waals surface area contributed by atoms with Gasteiger partial charge in [-0.05, 0) is 59.5 Å². The molecule has 0 saturated heterocycles. The average molecular weight is 397 g/mol. The van der Waals surface area contributed by atoms with Gasteiger partial charge in [0.25, 0.3) is 0 Å². The Balaban J connectivity index is 2.03. The van der Waals surface area contributed by atoms with E-state index in [0.717, 1.165) is 25.7 Å². The maximum absolute atomic E-state index is 13.0. The second kappa shape index (κ2) is 6.39. The van der Waals surface area contributed by atoms with Crippen LogP contribution in [-0.4, -0.2) is 14.2 Å². The lowest BCUT2D eigenvalue weighted by Gasteiger charge is -2.21. The maximum atomic E-state index is 13.0. The van der Waals surface area contributed by atoms with E-state index < -0.39 is 10.0 Å². The fourth-order valence-electron chi connectivity index (χ4n) is 2.45. The molecule has 1 aliphatic rings. The van der Waals surface area contributed by atoms with Gasteiger partial charge in [0.05, 0.1) is 11.4 Å². The normalized spacial score (nSPS) is 17.4. The van der Waals surface area contributed by atoms with Crippen molar-refractivity contribution in [3.05, 3.63) is 27.6 Å². The van der Waals surface area contributed by atoms with E-state index in [-0.39, 0.29) is 17.5 Å². The number of nitrogens with one attached hydrogen (secondary N) is 1. The largest absolute Gasteiger partial charge is 0.282 e. The SMILES string of the molecule is O=S(=O)(CC1CCCCC1)Nc1ccc(F)cc1I. The first-order chi connectivity index (χ1) is 8.96. The van der Waals surface area contributed by atoms with E-state index in [4.69, 9.17) is 0 Å². The fraction of sp³-hybridized carbons (Fsp3) is 0.538. The number of rotatable bonds is 4. The molecule has 0 atom stereocenters. The predicted molar refractivity (Wildman–Crippen MR) is 83.1 cm³/mol. The number of hydrogen-bond acceptors (Lipinski definition) is 2. The second-order valence-corrected chi connectivity index (χ2v) is 7.94. The zero-order chi connectivity index (χ0) is 13.9. The van der Waals surface area contributed by atoms with Gasteiger partial charge >= 0.3 is 0 Å². The topological polar surface area (TPSA) is 46.2 Å². The lowest BCUT2D eigenvalue weighted by Crippen LogP contribution is -2.24. The molecule has 0 bridgehead atoms. The molecular formula is C13H17FINO2S. The summed E-state index contributed by atoms with van der Waals surface area (Å²) in [6.45, 7) is 0. The third-order valence-electron chi connectivity index (χ3n) is 3.38. The molecule has 2 rings (SSSR count). The quantitative estimate of drug-likeness (QED) is 0.787. The first-order valence-corrected chi connectivity index (χ1v) is 9.15. The van der Waals surface area contributed by atoms with E-state index >= 15 is 0 Å². The fourth-order valence-corrected chi connectivity index (χ4v) is 4.79. The van der Waals surface area contributed by atoms with E-state index in [2.05, 4.69) is 4.72 Å². The minimum Gasteiger partial charge on any atom is -0.282 e. The molecule has 0 spiro atoms. The van der Waals surface area contributed by atoms with Gasteiger partial charge < -0.3 is 0 Å². The van der Waals surface area contributed by atoms with Crippen LogP contribution in [0.5, 0.6) is 0 Å². The van der Waals surface area contributed by atoms with E-state index in [9.17, 15) is 12.8 Å². The highest BCUT2D eigenvalue weighted by atomic mass is 127. The van der Waals surface area contributed by atoms with Crippen molar-refractivity contribution in [2.45, 2.75) is 32.1 Å². The summed E-state index contributed by atoms with van der Waals surface area (Å²) >= 11 is 1.93. The van der Waals surface area contributed by atoms with Crippen molar-refractivity contribution < 1.29 is 12.8 Å². The Bertz CT molecular complexity index is 542. The van der Waals surface area contributed by atoms with Gasteiger partial charge in [-0.15, -0.1) is 0 Å². The van der Waals surface area contributed by atoms with Crippen molar-refractivity contribution in [1.29, 1.82) is 0 Å². The van der Waals surface area contributed by atoms with Crippen LogP contribution in [0.15, 0.2) is 18.2 Å². The molecule has 0 heterocycles. The van der Waals surface area contributed by atoms with Crippen LogP contribution in [0.2, 0.25) is 0 Å². The molecule has 0 aromatic heterocycles. The Morgan fingerprint density at radius 2 is 1.95 bits per heavy atom. The van der Waals surface area contributed by atoms with Crippen LogP contribution >= 0.6 is 22.6 Å². The molecule has 106 valence electrons. The molecule has 1 aromatic carbocycles. The summed E-state index contributed by atoms with van der Waals surface area (Å²) in [6, 6.07) is 4.05. The zero-order valence-corrected chi connectivity index (χ0v) is 13.5. The van der Waals surface area contributed by atoms with Gasteiger partial charge in [-0.1, -0.05) is 19.3 Å². The maximum Gasteiger partial charge on any atom is 0.233 e. The van der Waals surface area contributed by atoms with Gasteiger partial charge in [-0.3, -0.25) is 4.72 Å². The summed E-state index contributed by atoms with van der Waals surface area (Å²) in [5.74, 6) is 0.0597. The van der Waals surface area contributed by atoms with E-state index in [1.54, 1.807) is 0 Å². The minimum atomic E-state index is -3.35. The van der Waals surface area contributed by atoms with E-state index in [1.165, 1.54) is 24.6 Å². The van der Waals surface area contributed by atoms with Crippen molar-refractivity contribution in [2.24, 2.45) is 5.92 Å². The third kappa shape index (κ3) is 4.59. The highest BCUT2D eigenvalue weighted by Gasteiger charge is 2.21. The standard InChI is InChI=1S/C13H17FINO2S/c14-11-6-7-13(12(15)8-11)16-19(17,18)9-10-4-2-1-3-5-10/h6-8,10,16H,1-5,9H2. The Morgan fingerprint density at radius 1 is 1.26 bits per heavy atom. The minimum absolute atomic E-state index is 0.167.